The molecule has 0 bridgehead atoms. The summed E-state index contributed by atoms with van der Waals surface area (Å²) in [6, 6.07) is 19.7. The zero-order valence-electron chi connectivity index (χ0n) is 11.5. The molecule has 2 aromatic carbocycles. The average Bonchev–Trinajstić information content (AvgIpc) is 2.86. The number of benzene rings is 2. The molecule has 1 atom stereocenters. The van der Waals surface area contributed by atoms with E-state index in [2.05, 4.69) is 0 Å². The summed E-state index contributed by atoms with van der Waals surface area (Å²) in [7, 11) is 0. The summed E-state index contributed by atoms with van der Waals surface area (Å²) < 4.78 is 4.95. The van der Waals surface area contributed by atoms with Gasteiger partial charge in [-0.2, -0.15) is 0 Å². The maximum absolute atomic E-state index is 11.9. The van der Waals surface area contributed by atoms with Crippen molar-refractivity contribution in [2.45, 2.75) is 12.3 Å². The van der Waals surface area contributed by atoms with E-state index in [1.807, 2.05) is 60.7 Å². The van der Waals surface area contributed by atoms with Crippen LogP contribution < -0.4 is 0 Å². The minimum atomic E-state index is -0.419. The number of rotatable bonds is 4. The molecule has 1 N–H and O–H groups in total. The Morgan fingerprint density at radius 2 is 1.62 bits per heavy atom. The first kappa shape index (κ1) is 13.4. The maximum atomic E-state index is 11.9. The Morgan fingerprint density at radius 1 is 1.00 bits per heavy atom. The van der Waals surface area contributed by atoms with Crippen molar-refractivity contribution >= 4 is 5.97 Å². The van der Waals surface area contributed by atoms with Gasteiger partial charge in [0.15, 0.2) is 0 Å². The smallest absolute Gasteiger partial charge is 0.338 e. The van der Waals surface area contributed by atoms with Gasteiger partial charge in [-0.25, -0.2) is 4.79 Å². The lowest BCUT2D eigenvalue weighted by molar-refractivity contribution is -0.136. The summed E-state index contributed by atoms with van der Waals surface area (Å²) in [6.45, 7) is -0.0215. The summed E-state index contributed by atoms with van der Waals surface area (Å²) in [4.78, 5) is 11.9. The summed E-state index contributed by atoms with van der Waals surface area (Å²) in [5.74, 6) is -0.564. The van der Waals surface area contributed by atoms with E-state index in [1.165, 1.54) is 0 Å². The second-order valence-electron chi connectivity index (χ2n) is 5.09. The Morgan fingerprint density at radius 3 is 2.19 bits per heavy atom. The van der Waals surface area contributed by atoms with Crippen molar-refractivity contribution in [2.75, 3.05) is 6.61 Å². The van der Waals surface area contributed by atoms with Crippen LogP contribution in [0.15, 0.2) is 72.0 Å². The number of hydrogen-bond acceptors (Lipinski definition) is 3. The van der Waals surface area contributed by atoms with Crippen LogP contribution in [0.4, 0.5) is 0 Å². The van der Waals surface area contributed by atoms with Crippen molar-refractivity contribution in [2.24, 2.45) is 0 Å². The molecule has 3 nitrogen and oxygen atoms in total. The zero-order chi connectivity index (χ0) is 14.7. The van der Waals surface area contributed by atoms with Crippen LogP contribution >= 0.6 is 0 Å². The van der Waals surface area contributed by atoms with Gasteiger partial charge in [-0.3, -0.25) is 0 Å². The van der Waals surface area contributed by atoms with Gasteiger partial charge in [-0.15, -0.1) is 0 Å². The highest BCUT2D eigenvalue weighted by molar-refractivity contribution is 5.93. The molecule has 0 saturated heterocycles. The highest BCUT2D eigenvalue weighted by Gasteiger charge is 2.32. The highest BCUT2D eigenvalue weighted by Crippen LogP contribution is 2.33. The lowest BCUT2D eigenvalue weighted by Crippen LogP contribution is -2.13. The summed E-state index contributed by atoms with van der Waals surface area (Å²) in [5.41, 5.74) is 2.50. The van der Waals surface area contributed by atoms with Crippen molar-refractivity contribution in [3.05, 3.63) is 83.1 Å². The largest absolute Gasteiger partial charge is 0.508 e. The fourth-order valence-electron chi connectivity index (χ4n) is 2.67. The molecule has 3 rings (SSSR count). The Labute approximate surface area is 123 Å². The van der Waals surface area contributed by atoms with Gasteiger partial charge in [0.1, 0.15) is 12.4 Å². The molecule has 1 aliphatic rings. The molecule has 0 spiro atoms. The van der Waals surface area contributed by atoms with Crippen molar-refractivity contribution in [1.82, 2.24) is 0 Å². The van der Waals surface area contributed by atoms with Gasteiger partial charge in [-0.1, -0.05) is 60.7 Å². The molecule has 0 aromatic heterocycles. The van der Waals surface area contributed by atoms with Gasteiger partial charge in [-0.05, 0) is 17.5 Å². The summed E-state index contributed by atoms with van der Waals surface area (Å²) in [6.07, 6.45) is 0.652. The van der Waals surface area contributed by atoms with Crippen molar-refractivity contribution in [3.63, 3.8) is 0 Å². The number of aliphatic hydroxyl groups is 1. The quantitative estimate of drug-likeness (QED) is 0.873. The summed E-state index contributed by atoms with van der Waals surface area (Å²) >= 11 is 0. The van der Waals surface area contributed by atoms with Gasteiger partial charge in [0, 0.05) is 5.92 Å². The maximum Gasteiger partial charge on any atom is 0.338 e. The minimum absolute atomic E-state index is 0.0215. The standard InChI is InChI=1S/C18H16O3/c19-16-12-21-18(20)17(16)15(14-9-5-2-6-10-14)11-13-7-3-1-4-8-13/h1-10,15,19H,11-12H2. The molecular weight excluding hydrogens is 264 g/mol. The van der Waals surface area contributed by atoms with Crippen LogP contribution in [0.5, 0.6) is 0 Å². The van der Waals surface area contributed by atoms with E-state index in [0.29, 0.717) is 12.0 Å². The molecule has 3 heteroatoms. The highest BCUT2D eigenvalue weighted by atomic mass is 16.5. The zero-order valence-corrected chi connectivity index (χ0v) is 11.5. The van der Waals surface area contributed by atoms with Crippen LogP contribution in [0.2, 0.25) is 0 Å². The Bertz CT molecular complexity index is 659. The van der Waals surface area contributed by atoms with Crippen LogP contribution in [0.3, 0.4) is 0 Å². The molecule has 0 fully saturated rings. The van der Waals surface area contributed by atoms with E-state index in [0.717, 1.165) is 11.1 Å². The summed E-state index contributed by atoms with van der Waals surface area (Å²) in [5, 5.41) is 10.0. The Balaban J connectivity index is 2.00. The van der Waals surface area contributed by atoms with E-state index < -0.39 is 5.97 Å². The molecule has 0 amide bonds. The van der Waals surface area contributed by atoms with Gasteiger partial charge in [0.05, 0.1) is 5.57 Å². The molecule has 1 unspecified atom stereocenters. The number of aliphatic hydroxyl groups excluding tert-OH is 1. The van der Waals surface area contributed by atoms with Crippen molar-refractivity contribution in [3.8, 4) is 0 Å². The van der Waals surface area contributed by atoms with Crippen LogP contribution in [0, 0.1) is 0 Å². The number of carbonyl (C=O) groups is 1. The third-order valence-electron chi connectivity index (χ3n) is 3.70. The molecule has 0 saturated carbocycles. The molecule has 1 aliphatic heterocycles. The molecule has 0 aliphatic carbocycles. The monoisotopic (exact) mass is 280 g/mol. The van der Waals surface area contributed by atoms with Gasteiger partial charge in [0.25, 0.3) is 0 Å². The fraction of sp³-hybridized carbons (Fsp3) is 0.167. The number of hydrogen-bond donors (Lipinski definition) is 1. The van der Waals surface area contributed by atoms with Crippen molar-refractivity contribution < 1.29 is 14.6 Å². The van der Waals surface area contributed by atoms with Crippen LogP contribution in [-0.4, -0.2) is 17.7 Å². The third-order valence-corrected chi connectivity index (χ3v) is 3.70. The van der Waals surface area contributed by atoms with E-state index in [9.17, 15) is 9.90 Å². The van der Waals surface area contributed by atoms with Crippen molar-refractivity contribution in [1.29, 1.82) is 0 Å². The molecule has 0 radical (unpaired) electrons. The van der Waals surface area contributed by atoms with Gasteiger partial charge in [0.2, 0.25) is 0 Å². The van der Waals surface area contributed by atoms with E-state index in [-0.39, 0.29) is 18.3 Å². The van der Waals surface area contributed by atoms with E-state index >= 15 is 0 Å². The number of ether oxygens (including phenoxy) is 1. The normalized spacial score (nSPS) is 15.9. The first-order valence-electron chi connectivity index (χ1n) is 6.93. The Hall–Kier alpha value is -2.55. The van der Waals surface area contributed by atoms with Crippen LogP contribution in [0.25, 0.3) is 0 Å². The molecule has 2 aromatic rings. The van der Waals surface area contributed by atoms with E-state index in [1.54, 1.807) is 0 Å². The first-order valence-corrected chi connectivity index (χ1v) is 6.93. The average molecular weight is 280 g/mol. The number of esters is 1. The lowest BCUT2D eigenvalue weighted by Gasteiger charge is -2.17. The molecule has 106 valence electrons. The number of cyclic esters (lactones) is 1. The second kappa shape index (κ2) is 5.83. The molecule has 1 heterocycles. The number of carbonyl (C=O) groups excluding carboxylic acids is 1. The second-order valence-corrected chi connectivity index (χ2v) is 5.09. The Kier molecular flexibility index (Phi) is 3.73. The van der Waals surface area contributed by atoms with Crippen LogP contribution in [0.1, 0.15) is 17.0 Å². The minimum Gasteiger partial charge on any atom is -0.508 e. The fourth-order valence-corrected chi connectivity index (χ4v) is 2.67. The third kappa shape index (κ3) is 2.82. The van der Waals surface area contributed by atoms with E-state index in [4.69, 9.17) is 4.74 Å². The SMILES string of the molecule is O=C1OCC(O)=C1C(Cc1ccccc1)c1ccccc1. The topological polar surface area (TPSA) is 46.5 Å². The predicted molar refractivity (Wildman–Crippen MR) is 79.9 cm³/mol. The van der Waals surface area contributed by atoms with Gasteiger partial charge >= 0.3 is 5.97 Å². The molecular formula is C18H16O3. The molecule has 21 heavy (non-hydrogen) atoms. The van der Waals surface area contributed by atoms with Crippen LogP contribution in [-0.2, 0) is 16.0 Å². The lowest BCUT2D eigenvalue weighted by atomic mass is 9.85. The van der Waals surface area contributed by atoms with Gasteiger partial charge < -0.3 is 9.84 Å². The first-order chi connectivity index (χ1) is 10.3. The predicted octanol–water partition coefficient (Wildman–Crippen LogP) is 3.38.